The smallest absolute Gasteiger partial charge is 0.344 e. The lowest BCUT2D eigenvalue weighted by molar-refractivity contribution is 0.0589. The van der Waals surface area contributed by atoms with Gasteiger partial charge in [-0.1, -0.05) is 58.5 Å². The average molecular weight is 596 g/mol. The van der Waals surface area contributed by atoms with Gasteiger partial charge in [-0.2, -0.15) is 0 Å². The Labute approximate surface area is 208 Å². The number of unbranched alkanes of at least 4 members (excludes halogenated alkanes) is 2. The summed E-state index contributed by atoms with van der Waals surface area (Å²) >= 11 is 6.25. The van der Waals surface area contributed by atoms with Crippen LogP contribution in [0.25, 0.3) is 0 Å². The number of carbonyl (C=O) groups is 2. The predicted octanol–water partition coefficient (Wildman–Crippen LogP) is 7.02. The molecule has 0 atom stereocenters. The highest BCUT2D eigenvalue weighted by molar-refractivity contribution is 9.10. The van der Waals surface area contributed by atoms with Crippen LogP contribution in [0.5, 0.6) is 11.5 Å². The first-order valence-electron chi connectivity index (χ1n) is 10.2. The average Bonchev–Trinajstić information content (AvgIpc) is 2.73. The molecular formula is C23H26Br2F2O6. The highest BCUT2D eigenvalue weighted by Crippen LogP contribution is 2.28. The van der Waals surface area contributed by atoms with Crippen LogP contribution in [-0.2, 0) is 4.74 Å². The zero-order valence-electron chi connectivity index (χ0n) is 18.6. The number of carbonyl (C=O) groups excluding carboxylic acids is 1. The summed E-state index contributed by atoms with van der Waals surface area (Å²) in [7, 11) is 1.21. The molecule has 0 saturated carbocycles. The summed E-state index contributed by atoms with van der Waals surface area (Å²) in [6.07, 6.45) is 3.53. The van der Waals surface area contributed by atoms with Gasteiger partial charge in [-0.3, -0.25) is 0 Å². The van der Waals surface area contributed by atoms with E-state index in [1.165, 1.54) is 19.2 Å². The van der Waals surface area contributed by atoms with Crippen LogP contribution in [0.2, 0.25) is 0 Å². The predicted molar refractivity (Wildman–Crippen MR) is 127 cm³/mol. The van der Waals surface area contributed by atoms with Crippen molar-refractivity contribution in [2.45, 2.75) is 39.5 Å². The van der Waals surface area contributed by atoms with Crippen molar-refractivity contribution in [3.05, 3.63) is 56.0 Å². The van der Waals surface area contributed by atoms with Crippen molar-refractivity contribution in [1.29, 1.82) is 0 Å². The normalized spacial score (nSPS) is 10.2. The lowest BCUT2D eigenvalue weighted by Crippen LogP contribution is -2.09. The van der Waals surface area contributed by atoms with E-state index >= 15 is 0 Å². The molecule has 10 heteroatoms. The molecule has 0 aliphatic rings. The van der Waals surface area contributed by atoms with Crippen LogP contribution in [0.1, 0.15) is 60.2 Å². The number of carboxylic acids is 1. The van der Waals surface area contributed by atoms with Crippen molar-refractivity contribution in [2.24, 2.45) is 0 Å². The van der Waals surface area contributed by atoms with Gasteiger partial charge in [0.2, 0.25) is 0 Å². The molecule has 0 radical (unpaired) electrons. The number of aromatic carboxylic acids is 1. The van der Waals surface area contributed by atoms with Gasteiger partial charge in [-0.25, -0.2) is 18.4 Å². The van der Waals surface area contributed by atoms with Crippen LogP contribution in [0.15, 0.2) is 33.2 Å². The minimum absolute atomic E-state index is 0.0628. The van der Waals surface area contributed by atoms with E-state index in [2.05, 4.69) is 36.6 Å². The van der Waals surface area contributed by atoms with Gasteiger partial charge in [-0.05, 0) is 37.1 Å². The molecule has 0 bridgehead atoms. The molecule has 0 aliphatic heterocycles. The van der Waals surface area contributed by atoms with E-state index < -0.39 is 29.1 Å². The molecule has 0 heterocycles. The van der Waals surface area contributed by atoms with Crippen LogP contribution >= 0.6 is 31.9 Å². The number of esters is 1. The second-order valence-corrected chi connectivity index (χ2v) is 8.55. The fraction of sp³-hybridized carbons (Fsp3) is 0.391. The molecule has 0 fully saturated rings. The second-order valence-electron chi connectivity index (χ2n) is 6.72. The van der Waals surface area contributed by atoms with Gasteiger partial charge in [0.15, 0.2) is 0 Å². The molecule has 0 spiro atoms. The van der Waals surface area contributed by atoms with E-state index in [0.717, 1.165) is 31.7 Å². The first-order chi connectivity index (χ1) is 15.7. The summed E-state index contributed by atoms with van der Waals surface area (Å²) < 4.78 is 43.2. The summed E-state index contributed by atoms with van der Waals surface area (Å²) in [5.74, 6) is -3.24. The van der Waals surface area contributed by atoms with Gasteiger partial charge >= 0.3 is 11.9 Å². The highest BCUT2D eigenvalue weighted by Gasteiger charge is 2.20. The van der Waals surface area contributed by atoms with Crippen molar-refractivity contribution < 1.29 is 37.7 Å². The zero-order chi connectivity index (χ0) is 25.0. The molecule has 182 valence electrons. The Morgan fingerprint density at radius 1 is 0.848 bits per heavy atom. The maximum Gasteiger partial charge on any atom is 0.344 e. The number of rotatable bonds is 10. The van der Waals surface area contributed by atoms with Crippen molar-refractivity contribution in [1.82, 2.24) is 0 Å². The molecule has 0 amide bonds. The molecule has 0 aliphatic carbocycles. The largest absolute Gasteiger partial charge is 0.493 e. The number of halogens is 4. The Morgan fingerprint density at radius 2 is 1.27 bits per heavy atom. The number of hydrogen-bond donors (Lipinski definition) is 1. The van der Waals surface area contributed by atoms with E-state index in [9.17, 15) is 18.4 Å². The van der Waals surface area contributed by atoms with Gasteiger partial charge in [0.1, 0.15) is 34.3 Å². The Morgan fingerprint density at radius 3 is 1.67 bits per heavy atom. The minimum Gasteiger partial charge on any atom is -0.493 e. The van der Waals surface area contributed by atoms with Gasteiger partial charge in [0.05, 0.1) is 20.3 Å². The molecule has 0 saturated heterocycles. The summed E-state index contributed by atoms with van der Waals surface area (Å²) in [4.78, 5) is 22.3. The third-order valence-corrected chi connectivity index (χ3v) is 5.07. The number of methoxy groups -OCH3 is 1. The van der Waals surface area contributed by atoms with E-state index in [4.69, 9.17) is 14.6 Å². The zero-order valence-corrected chi connectivity index (χ0v) is 21.7. The minimum atomic E-state index is -1.32. The summed E-state index contributed by atoms with van der Waals surface area (Å²) in [6.45, 7) is 4.83. The van der Waals surface area contributed by atoms with Gasteiger partial charge in [-0.15, -0.1) is 0 Å². The Kier molecular flexibility index (Phi) is 13.0. The Balaban J connectivity index is 0.000000331. The van der Waals surface area contributed by atoms with Crippen molar-refractivity contribution >= 4 is 43.8 Å². The molecule has 6 nitrogen and oxygen atoms in total. The SMILES string of the molecule is CCCCOc1cc(Br)cc(F)c1C(=O)O.CCCCOc1cc(Br)cc(F)c1C(=O)OC. The number of carboxylic acid groups (broad SMARTS) is 1. The van der Waals surface area contributed by atoms with Crippen molar-refractivity contribution in [3.63, 3.8) is 0 Å². The van der Waals surface area contributed by atoms with E-state index in [1.807, 2.05) is 13.8 Å². The number of ether oxygens (including phenoxy) is 3. The van der Waals surface area contributed by atoms with E-state index in [0.29, 0.717) is 22.2 Å². The lowest BCUT2D eigenvalue weighted by atomic mass is 10.2. The second kappa shape index (κ2) is 14.8. The molecule has 2 rings (SSSR count). The lowest BCUT2D eigenvalue weighted by Gasteiger charge is -2.11. The Bertz CT molecular complexity index is 953. The molecular weight excluding hydrogens is 570 g/mol. The van der Waals surface area contributed by atoms with Crippen molar-refractivity contribution in [3.8, 4) is 11.5 Å². The molecule has 33 heavy (non-hydrogen) atoms. The molecule has 2 aromatic carbocycles. The molecule has 1 N–H and O–H groups in total. The van der Waals surface area contributed by atoms with Gasteiger partial charge in [0, 0.05) is 8.95 Å². The molecule has 0 unspecified atom stereocenters. The summed E-state index contributed by atoms with van der Waals surface area (Å²) in [6, 6.07) is 5.34. The fourth-order valence-corrected chi connectivity index (χ4v) is 3.31. The maximum absolute atomic E-state index is 13.6. The first-order valence-corrected chi connectivity index (χ1v) is 11.8. The standard InChI is InChI=1S/C12H14BrFO3.C11H12BrFO3/c1-3-4-5-17-10-7-8(13)6-9(14)11(10)12(15)16-2;1-2-3-4-16-9-6-7(12)5-8(13)10(9)11(14)15/h6-7H,3-5H2,1-2H3;5-6H,2-4H2,1H3,(H,14,15). The van der Waals surface area contributed by atoms with Crippen LogP contribution in [0.3, 0.4) is 0 Å². The van der Waals surface area contributed by atoms with Crippen LogP contribution in [0, 0.1) is 11.6 Å². The van der Waals surface area contributed by atoms with Crippen LogP contribution < -0.4 is 9.47 Å². The van der Waals surface area contributed by atoms with E-state index in [1.54, 1.807) is 6.07 Å². The summed E-state index contributed by atoms with van der Waals surface area (Å²) in [5.41, 5.74) is -0.578. The topological polar surface area (TPSA) is 82.1 Å². The fourth-order valence-electron chi connectivity index (χ4n) is 2.49. The highest BCUT2D eigenvalue weighted by atomic mass is 79.9. The third-order valence-electron chi connectivity index (χ3n) is 4.15. The maximum atomic E-state index is 13.6. The molecule has 2 aromatic rings. The number of hydrogen-bond acceptors (Lipinski definition) is 5. The van der Waals surface area contributed by atoms with Gasteiger partial charge < -0.3 is 19.3 Å². The van der Waals surface area contributed by atoms with E-state index in [-0.39, 0.29) is 17.1 Å². The van der Waals surface area contributed by atoms with Crippen LogP contribution in [0.4, 0.5) is 8.78 Å². The number of benzene rings is 2. The molecule has 0 aromatic heterocycles. The summed E-state index contributed by atoms with van der Waals surface area (Å²) in [5, 5.41) is 8.86. The quantitative estimate of drug-likeness (QED) is 0.235. The third kappa shape index (κ3) is 9.29. The first kappa shape index (κ1) is 28.8. The Hall–Kier alpha value is -2.20. The van der Waals surface area contributed by atoms with Crippen LogP contribution in [-0.4, -0.2) is 37.4 Å². The van der Waals surface area contributed by atoms with Crippen molar-refractivity contribution in [2.75, 3.05) is 20.3 Å². The monoisotopic (exact) mass is 594 g/mol. The van der Waals surface area contributed by atoms with Gasteiger partial charge in [0.25, 0.3) is 0 Å².